The number of ether oxygens (including phenoxy) is 1. The number of hydrogen-bond acceptors (Lipinski definition) is 3. The predicted molar refractivity (Wildman–Crippen MR) is 84.4 cm³/mol. The van der Waals surface area contributed by atoms with Gasteiger partial charge in [0.1, 0.15) is 5.75 Å². The number of hydrogen-bond donors (Lipinski definition) is 2. The van der Waals surface area contributed by atoms with Gasteiger partial charge in [-0.05, 0) is 55.3 Å². The average Bonchev–Trinajstić information content (AvgIpc) is 2.50. The Morgan fingerprint density at radius 3 is 2.73 bits per heavy atom. The Bertz CT molecular complexity index is 768. The van der Waals surface area contributed by atoms with Crippen LogP contribution in [0, 0.1) is 13.8 Å². The number of nitrogens with one attached hydrogen (secondary N) is 2. The van der Waals surface area contributed by atoms with Gasteiger partial charge >= 0.3 is 0 Å². The van der Waals surface area contributed by atoms with Gasteiger partial charge in [-0.15, -0.1) is 0 Å². The van der Waals surface area contributed by atoms with Gasteiger partial charge in [0.15, 0.2) is 6.61 Å². The van der Waals surface area contributed by atoms with E-state index in [0.29, 0.717) is 17.0 Å². The third-order valence-corrected chi connectivity index (χ3v) is 3.64. The maximum Gasteiger partial charge on any atom is 0.262 e. The summed E-state index contributed by atoms with van der Waals surface area (Å²) in [7, 11) is 0. The van der Waals surface area contributed by atoms with Crippen molar-refractivity contribution in [3.63, 3.8) is 0 Å². The van der Waals surface area contributed by atoms with Gasteiger partial charge in [0.05, 0.1) is 5.69 Å². The first-order valence-electron chi connectivity index (χ1n) is 6.98. The minimum Gasteiger partial charge on any atom is -0.482 e. The first kappa shape index (κ1) is 14.1. The SMILES string of the molecule is Cc1ccc(NC(=O)c2ccc3c(c2)NC(=O)CO3)cc1C. The van der Waals surface area contributed by atoms with E-state index in [-0.39, 0.29) is 18.4 Å². The molecule has 2 aromatic rings. The summed E-state index contributed by atoms with van der Waals surface area (Å²) >= 11 is 0. The van der Waals surface area contributed by atoms with Crippen LogP contribution < -0.4 is 15.4 Å². The Morgan fingerprint density at radius 1 is 1.14 bits per heavy atom. The topological polar surface area (TPSA) is 67.4 Å². The van der Waals surface area contributed by atoms with E-state index in [1.165, 1.54) is 5.56 Å². The maximum absolute atomic E-state index is 12.3. The zero-order valence-electron chi connectivity index (χ0n) is 12.4. The predicted octanol–water partition coefficient (Wildman–Crippen LogP) is 2.89. The molecule has 0 atom stereocenters. The largest absolute Gasteiger partial charge is 0.482 e. The van der Waals surface area contributed by atoms with Crippen molar-refractivity contribution in [2.24, 2.45) is 0 Å². The highest BCUT2D eigenvalue weighted by Gasteiger charge is 2.17. The molecule has 0 unspecified atom stereocenters. The van der Waals surface area contributed by atoms with Gasteiger partial charge in [-0.3, -0.25) is 9.59 Å². The van der Waals surface area contributed by atoms with E-state index in [9.17, 15) is 9.59 Å². The molecule has 0 aliphatic carbocycles. The van der Waals surface area contributed by atoms with E-state index in [1.54, 1.807) is 18.2 Å². The normalized spacial score (nSPS) is 12.9. The van der Waals surface area contributed by atoms with Crippen molar-refractivity contribution < 1.29 is 14.3 Å². The highest BCUT2D eigenvalue weighted by molar-refractivity contribution is 6.06. The second kappa shape index (κ2) is 5.52. The smallest absolute Gasteiger partial charge is 0.262 e. The zero-order valence-corrected chi connectivity index (χ0v) is 12.4. The number of fused-ring (bicyclic) bond motifs is 1. The van der Waals surface area contributed by atoms with Crippen molar-refractivity contribution in [2.75, 3.05) is 17.2 Å². The molecule has 22 heavy (non-hydrogen) atoms. The molecular formula is C17H16N2O3. The number of rotatable bonds is 2. The lowest BCUT2D eigenvalue weighted by Crippen LogP contribution is -2.25. The summed E-state index contributed by atoms with van der Waals surface area (Å²) in [5.74, 6) is 0.118. The molecule has 5 heteroatoms. The van der Waals surface area contributed by atoms with E-state index < -0.39 is 0 Å². The Balaban J connectivity index is 1.81. The van der Waals surface area contributed by atoms with Crippen LogP contribution in [0.2, 0.25) is 0 Å². The minimum atomic E-state index is -0.231. The van der Waals surface area contributed by atoms with Gasteiger partial charge in [0, 0.05) is 11.3 Å². The van der Waals surface area contributed by atoms with Gasteiger partial charge < -0.3 is 15.4 Å². The highest BCUT2D eigenvalue weighted by Crippen LogP contribution is 2.28. The summed E-state index contributed by atoms with van der Waals surface area (Å²) in [5.41, 5.74) is 4.01. The van der Waals surface area contributed by atoms with Crippen LogP contribution in [0.1, 0.15) is 21.5 Å². The van der Waals surface area contributed by atoms with E-state index in [4.69, 9.17) is 4.74 Å². The molecule has 0 fully saturated rings. The van der Waals surface area contributed by atoms with Gasteiger partial charge in [0.25, 0.3) is 11.8 Å². The molecule has 1 aliphatic heterocycles. The molecule has 2 aromatic carbocycles. The number of anilines is 2. The zero-order chi connectivity index (χ0) is 15.7. The van der Waals surface area contributed by atoms with Crippen molar-refractivity contribution in [2.45, 2.75) is 13.8 Å². The van der Waals surface area contributed by atoms with Crippen LogP contribution in [0.4, 0.5) is 11.4 Å². The Morgan fingerprint density at radius 2 is 1.95 bits per heavy atom. The molecule has 1 aliphatic rings. The van der Waals surface area contributed by atoms with E-state index in [0.717, 1.165) is 11.3 Å². The molecule has 0 radical (unpaired) electrons. The first-order chi connectivity index (χ1) is 10.5. The summed E-state index contributed by atoms with van der Waals surface area (Å²) < 4.78 is 5.27. The summed E-state index contributed by atoms with van der Waals surface area (Å²) in [5, 5.41) is 5.54. The molecule has 0 saturated carbocycles. The molecule has 2 N–H and O–H groups in total. The van der Waals surface area contributed by atoms with Crippen LogP contribution in [0.3, 0.4) is 0 Å². The Labute approximate surface area is 128 Å². The Kier molecular flexibility index (Phi) is 3.55. The number of aryl methyl sites for hydroxylation is 2. The van der Waals surface area contributed by atoms with E-state index in [1.807, 2.05) is 32.0 Å². The van der Waals surface area contributed by atoms with Gasteiger partial charge in [-0.25, -0.2) is 0 Å². The van der Waals surface area contributed by atoms with Crippen LogP contribution >= 0.6 is 0 Å². The average molecular weight is 296 g/mol. The first-order valence-corrected chi connectivity index (χ1v) is 6.98. The number of amides is 2. The van der Waals surface area contributed by atoms with Crippen LogP contribution in [-0.2, 0) is 4.79 Å². The van der Waals surface area contributed by atoms with Gasteiger partial charge in [-0.1, -0.05) is 6.07 Å². The lowest BCUT2D eigenvalue weighted by Gasteiger charge is -2.18. The standard InChI is InChI=1S/C17H16N2O3/c1-10-3-5-13(7-11(10)2)18-17(21)12-4-6-15-14(8-12)19-16(20)9-22-15/h3-8H,9H2,1-2H3,(H,18,21)(H,19,20). The minimum absolute atomic E-state index is 0.00118. The maximum atomic E-state index is 12.3. The van der Waals surface area contributed by atoms with Crippen LogP contribution in [0.5, 0.6) is 5.75 Å². The lowest BCUT2D eigenvalue weighted by molar-refractivity contribution is -0.118. The highest BCUT2D eigenvalue weighted by atomic mass is 16.5. The Hall–Kier alpha value is -2.82. The van der Waals surface area contributed by atoms with Crippen molar-refractivity contribution in [1.29, 1.82) is 0 Å². The van der Waals surface area contributed by atoms with Crippen LogP contribution in [0.15, 0.2) is 36.4 Å². The van der Waals surface area contributed by atoms with Gasteiger partial charge in [0.2, 0.25) is 0 Å². The molecular weight excluding hydrogens is 280 g/mol. The fourth-order valence-corrected chi connectivity index (χ4v) is 2.25. The van der Waals surface area contributed by atoms with E-state index in [2.05, 4.69) is 10.6 Å². The number of carbonyl (C=O) groups excluding carboxylic acids is 2. The second-order valence-electron chi connectivity index (χ2n) is 5.30. The van der Waals surface area contributed by atoms with Crippen LogP contribution in [-0.4, -0.2) is 18.4 Å². The quantitative estimate of drug-likeness (QED) is 0.895. The summed E-state index contributed by atoms with van der Waals surface area (Å²) in [6.07, 6.45) is 0. The number of carbonyl (C=O) groups is 2. The molecule has 0 saturated heterocycles. The van der Waals surface area contributed by atoms with E-state index >= 15 is 0 Å². The molecule has 2 amide bonds. The second-order valence-corrected chi connectivity index (χ2v) is 5.30. The number of benzene rings is 2. The molecule has 3 rings (SSSR count). The summed E-state index contributed by atoms with van der Waals surface area (Å²) in [4.78, 5) is 23.6. The monoisotopic (exact) mass is 296 g/mol. The lowest BCUT2D eigenvalue weighted by atomic mass is 10.1. The fraction of sp³-hybridized carbons (Fsp3) is 0.176. The molecule has 0 bridgehead atoms. The third-order valence-electron chi connectivity index (χ3n) is 3.64. The summed E-state index contributed by atoms with van der Waals surface area (Å²) in [6.45, 7) is 4.02. The molecule has 112 valence electrons. The molecule has 1 heterocycles. The van der Waals surface area contributed by atoms with Crippen LogP contribution in [0.25, 0.3) is 0 Å². The molecule has 5 nitrogen and oxygen atoms in total. The van der Waals surface area contributed by atoms with Crippen molar-refractivity contribution >= 4 is 23.2 Å². The summed E-state index contributed by atoms with van der Waals surface area (Å²) in [6, 6.07) is 10.7. The third kappa shape index (κ3) is 2.79. The van der Waals surface area contributed by atoms with Crippen molar-refractivity contribution in [3.05, 3.63) is 53.1 Å². The molecule has 0 aromatic heterocycles. The van der Waals surface area contributed by atoms with Gasteiger partial charge in [-0.2, -0.15) is 0 Å². The molecule has 0 spiro atoms. The van der Waals surface area contributed by atoms with Crippen molar-refractivity contribution in [3.8, 4) is 5.75 Å². The van der Waals surface area contributed by atoms with Crippen molar-refractivity contribution in [1.82, 2.24) is 0 Å². The fourth-order valence-electron chi connectivity index (χ4n) is 2.25.